The van der Waals surface area contributed by atoms with Gasteiger partial charge in [0.1, 0.15) is 5.60 Å². The third kappa shape index (κ3) is 3.94. The summed E-state index contributed by atoms with van der Waals surface area (Å²) in [5.74, 6) is 0.0283. The van der Waals surface area contributed by atoms with Crippen LogP contribution in [0, 0.1) is 0 Å². The summed E-state index contributed by atoms with van der Waals surface area (Å²) >= 11 is 0. The van der Waals surface area contributed by atoms with E-state index in [1.807, 2.05) is 4.90 Å². The minimum Gasteiger partial charge on any atom is -0.394 e. The van der Waals surface area contributed by atoms with Gasteiger partial charge in [-0.05, 0) is 26.7 Å². The lowest BCUT2D eigenvalue weighted by Crippen LogP contribution is -2.50. The maximum absolute atomic E-state index is 12.1. The zero-order valence-electron chi connectivity index (χ0n) is 10.9. The molecule has 0 bridgehead atoms. The van der Waals surface area contributed by atoms with Crippen LogP contribution in [0.3, 0.4) is 0 Å². The molecule has 1 fully saturated rings. The van der Waals surface area contributed by atoms with Crippen LogP contribution in [0.5, 0.6) is 0 Å². The second kappa shape index (κ2) is 6.33. The molecule has 5 nitrogen and oxygen atoms in total. The number of rotatable bonds is 5. The minimum atomic E-state index is -0.751. The van der Waals surface area contributed by atoms with E-state index < -0.39 is 5.60 Å². The first-order chi connectivity index (χ1) is 8.01. The Bertz CT molecular complexity index is 247. The van der Waals surface area contributed by atoms with E-state index in [2.05, 4.69) is 0 Å². The van der Waals surface area contributed by atoms with Crippen LogP contribution in [0.15, 0.2) is 0 Å². The highest BCUT2D eigenvalue weighted by molar-refractivity contribution is 5.84. The van der Waals surface area contributed by atoms with Crippen molar-refractivity contribution in [3.8, 4) is 0 Å². The Labute approximate surface area is 103 Å². The van der Waals surface area contributed by atoms with Gasteiger partial charge in [-0.2, -0.15) is 0 Å². The number of aliphatic hydroxyl groups is 1. The number of likely N-dealkylation sites (tertiary alicyclic amines) is 1. The Balaban J connectivity index is 2.39. The first-order valence-corrected chi connectivity index (χ1v) is 6.08. The second-order valence-electron chi connectivity index (χ2n) is 4.80. The highest BCUT2D eigenvalue weighted by atomic mass is 16.5. The van der Waals surface area contributed by atoms with E-state index in [-0.39, 0.29) is 18.6 Å². The van der Waals surface area contributed by atoms with E-state index >= 15 is 0 Å². The summed E-state index contributed by atoms with van der Waals surface area (Å²) in [6, 6.07) is 0. The minimum absolute atomic E-state index is 0.0283. The highest BCUT2D eigenvalue weighted by Crippen LogP contribution is 2.19. The fourth-order valence-electron chi connectivity index (χ4n) is 1.91. The van der Waals surface area contributed by atoms with Crippen LogP contribution >= 0.6 is 0 Å². The quantitative estimate of drug-likeness (QED) is 0.762. The molecule has 1 rings (SSSR count). The number of carbonyl (C=O) groups excluding carboxylic acids is 1. The molecule has 1 aliphatic heterocycles. The van der Waals surface area contributed by atoms with Crippen molar-refractivity contribution in [1.82, 2.24) is 4.90 Å². The average Bonchev–Trinajstić information content (AvgIpc) is 2.36. The van der Waals surface area contributed by atoms with Gasteiger partial charge in [0.25, 0.3) is 5.91 Å². The maximum Gasteiger partial charge on any atom is 0.254 e. The third-order valence-electron chi connectivity index (χ3n) is 3.20. The van der Waals surface area contributed by atoms with Gasteiger partial charge < -0.3 is 19.5 Å². The zero-order chi connectivity index (χ0) is 12.9. The van der Waals surface area contributed by atoms with Gasteiger partial charge in [-0.1, -0.05) is 0 Å². The molecule has 1 heterocycles. The molecule has 1 aliphatic rings. The molecule has 0 aromatic heterocycles. The highest BCUT2D eigenvalue weighted by Gasteiger charge is 2.33. The van der Waals surface area contributed by atoms with Gasteiger partial charge in [-0.15, -0.1) is 0 Å². The lowest BCUT2D eigenvalue weighted by molar-refractivity contribution is -0.153. The molecule has 17 heavy (non-hydrogen) atoms. The van der Waals surface area contributed by atoms with Crippen LogP contribution in [-0.4, -0.2) is 61.0 Å². The number of hydrogen-bond acceptors (Lipinski definition) is 4. The summed E-state index contributed by atoms with van der Waals surface area (Å²) in [7, 11) is 1.55. The van der Waals surface area contributed by atoms with Crippen molar-refractivity contribution in [2.24, 2.45) is 0 Å². The Hall–Kier alpha value is -0.650. The topological polar surface area (TPSA) is 59.0 Å². The number of methoxy groups -OCH3 is 1. The zero-order valence-corrected chi connectivity index (χ0v) is 10.9. The van der Waals surface area contributed by atoms with Crippen molar-refractivity contribution in [2.75, 3.05) is 33.4 Å². The fourth-order valence-corrected chi connectivity index (χ4v) is 1.91. The van der Waals surface area contributed by atoms with E-state index in [4.69, 9.17) is 14.6 Å². The van der Waals surface area contributed by atoms with Crippen LogP contribution in [0.4, 0.5) is 0 Å². The molecule has 1 saturated heterocycles. The van der Waals surface area contributed by atoms with E-state index in [0.717, 1.165) is 12.8 Å². The molecule has 0 saturated carbocycles. The van der Waals surface area contributed by atoms with Gasteiger partial charge in [0.15, 0.2) is 0 Å². The molecule has 0 radical (unpaired) electrons. The summed E-state index contributed by atoms with van der Waals surface area (Å²) in [4.78, 5) is 13.9. The maximum atomic E-state index is 12.1. The summed E-state index contributed by atoms with van der Waals surface area (Å²) in [5.41, 5.74) is -0.751. The van der Waals surface area contributed by atoms with Crippen molar-refractivity contribution in [2.45, 2.75) is 38.4 Å². The van der Waals surface area contributed by atoms with Crippen LogP contribution in [0.1, 0.15) is 26.7 Å². The van der Waals surface area contributed by atoms with E-state index in [0.29, 0.717) is 19.7 Å². The Morgan fingerprint density at radius 1 is 1.41 bits per heavy atom. The van der Waals surface area contributed by atoms with E-state index in [1.165, 1.54) is 0 Å². The number of hydrogen-bond donors (Lipinski definition) is 1. The van der Waals surface area contributed by atoms with Gasteiger partial charge in [0.05, 0.1) is 19.3 Å². The van der Waals surface area contributed by atoms with Crippen LogP contribution in [-0.2, 0) is 14.3 Å². The van der Waals surface area contributed by atoms with E-state index in [1.54, 1.807) is 21.0 Å². The van der Waals surface area contributed by atoms with Gasteiger partial charge >= 0.3 is 0 Å². The summed E-state index contributed by atoms with van der Waals surface area (Å²) < 4.78 is 10.6. The number of ether oxygens (including phenoxy) is 2. The molecule has 0 spiro atoms. The number of nitrogens with zero attached hydrogens (tertiary/aromatic N) is 1. The molecule has 1 N–H and O–H groups in total. The predicted molar refractivity (Wildman–Crippen MR) is 63.7 cm³/mol. The molecular formula is C12H23NO4. The Morgan fingerprint density at radius 3 is 2.47 bits per heavy atom. The summed E-state index contributed by atoms with van der Waals surface area (Å²) in [6.45, 7) is 5.38. The van der Waals surface area contributed by atoms with Gasteiger partial charge in [0.2, 0.25) is 0 Å². The predicted octanol–water partition coefficient (Wildman–Crippen LogP) is 0.411. The van der Waals surface area contributed by atoms with E-state index in [9.17, 15) is 4.79 Å². The molecule has 0 aliphatic carbocycles. The van der Waals surface area contributed by atoms with Crippen LogP contribution < -0.4 is 0 Å². The SMILES string of the molecule is COC(C)(C)C(=O)N1CCC(OCCO)CC1. The molecule has 1 amide bonds. The third-order valence-corrected chi connectivity index (χ3v) is 3.20. The standard InChI is InChI=1S/C12H23NO4/c1-12(2,16-3)11(15)13-6-4-10(5-7-13)17-9-8-14/h10,14H,4-9H2,1-3H3. The molecule has 0 atom stereocenters. The van der Waals surface area contributed by atoms with Gasteiger partial charge in [-0.25, -0.2) is 0 Å². The largest absolute Gasteiger partial charge is 0.394 e. The monoisotopic (exact) mass is 245 g/mol. The molecular weight excluding hydrogens is 222 g/mol. The van der Waals surface area contributed by atoms with Gasteiger partial charge in [-0.3, -0.25) is 4.79 Å². The van der Waals surface area contributed by atoms with Crippen molar-refractivity contribution in [1.29, 1.82) is 0 Å². The van der Waals surface area contributed by atoms with Gasteiger partial charge in [0, 0.05) is 20.2 Å². The molecule has 5 heteroatoms. The summed E-state index contributed by atoms with van der Waals surface area (Å²) in [6.07, 6.45) is 1.81. The van der Waals surface area contributed by atoms with Crippen molar-refractivity contribution >= 4 is 5.91 Å². The molecule has 0 unspecified atom stereocenters. The average molecular weight is 245 g/mol. The lowest BCUT2D eigenvalue weighted by atomic mass is 10.0. The number of amides is 1. The Kier molecular flexibility index (Phi) is 5.36. The smallest absolute Gasteiger partial charge is 0.254 e. The molecule has 0 aromatic carbocycles. The van der Waals surface area contributed by atoms with Crippen molar-refractivity contribution < 1.29 is 19.4 Å². The normalized spacial score (nSPS) is 18.5. The number of piperidine rings is 1. The first-order valence-electron chi connectivity index (χ1n) is 6.08. The van der Waals surface area contributed by atoms with Crippen molar-refractivity contribution in [3.63, 3.8) is 0 Å². The lowest BCUT2D eigenvalue weighted by Gasteiger charge is -2.36. The Morgan fingerprint density at radius 2 is 2.00 bits per heavy atom. The number of aliphatic hydroxyl groups excluding tert-OH is 1. The molecule has 100 valence electrons. The van der Waals surface area contributed by atoms with Crippen molar-refractivity contribution in [3.05, 3.63) is 0 Å². The number of carbonyl (C=O) groups is 1. The molecule has 0 aromatic rings. The second-order valence-corrected chi connectivity index (χ2v) is 4.80. The van der Waals surface area contributed by atoms with Crippen LogP contribution in [0.25, 0.3) is 0 Å². The first kappa shape index (κ1) is 14.4. The summed E-state index contributed by atoms with van der Waals surface area (Å²) in [5, 5.41) is 8.67. The van der Waals surface area contributed by atoms with Crippen LogP contribution in [0.2, 0.25) is 0 Å². The fraction of sp³-hybridized carbons (Fsp3) is 0.917.